The lowest BCUT2D eigenvalue weighted by atomic mass is 10.1. The van der Waals surface area contributed by atoms with Crippen molar-refractivity contribution in [1.29, 1.82) is 0 Å². The zero-order valence-corrected chi connectivity index (χ0v) is 17.0. The van der Waals surface area contributed by atoms with Gasteiger partial charge in [-0.15, -0.1) is 11.8 Å². The number of nitrogens with one attached hydrogen (secondary N) is 1. The Morgan fingerprint density at radius 2 is 2.07 bits per heavy atom. The van der Waals surface area contributed by atoms with Crippen LogP contribution in [0.5, 0.6) is 0 Å². The van der Waals surface area contributed by atoms with Gasteiger partial charge in [-0.2, -0.15) is 5.10 Å². The summed E-state index contributed by atoms with van der Waals surface area (Å²) in [6.07, 6.45) is 7.11. The van der Waals surface area contributed by atoms with Crippen molar-refractivity contribution in [3.63, 3.8) is 0 Å². The van der Waals surface area contributed by atoms with Gasteiger partial charge in [0.1, 0.15) is 12.7 Å². The van der Waals surface area contributed by atoms with Crippen molar-refractivity contribution in [2.75, 3.05) is 25.0 Å². The van der Waals surface area contributed by atoms with Gasteiger partial charge in [0.2, 0.25) is 5.91 Å². The summed E-state index contributed by atoms with van der Waals surface area (Å²) in [6, 6.07) is 14.3. The maximum Gasteiger partial charge on any atom is 0.238 e. The molecule has 0 unspecified atom stereocenters. The maximum absolute atomic E-state index is 12.5. The van der Waals surface area contributed by atoms with Crippen LogP contribution in [-0.4, -0.2) is 50.2 Å². The van der Waals surface area contributed by atoms with E-state index >= 15 is 0 Å². The van der Waals surface area contributed by atoms with Crippen molar-refractivity contribution in [3.8, 4) is 0 Å². The highest BCUT2D eigenvalue weighted by Gasteiger charge is 2.22. The lowest BCUT2D eigenvalue weighted by Crippen LogP contribution is -2.39. The predicted octanol–water partition coefficient (Wildman–Crippen LogP) is 3.24. The fourth-order valence-corrected chi connectivity index (χ4v) is 4.28. The van der Waals surface area contributed by atoms with Crippen LogP contribution in [0.2, 0.25) is 0 Å². The average molecular weight is 409 g/mol. The molecule has 0 radical (unpaired) electrons. The van der Waals surface area contributed by atoms with Gasteiger partial charge in [-0.1, -0.05) is 18.2 Å². The largest absolute Gasteiger partial charge is 0.325 e. The molecule has 2 aromatic heterocycles. The molecule has 0 atom stereocenters. The monoisotopic (exact) mass is 408 g/mol. The summed E-state index contributed by atoms with van der Waals surface area (Å²) in [5.74, 6) is 0.843. The van der Waals surface area contributed by atoms with Crippen LogP contribution in [0.3, 0.4) is 0 Å². The summed E-state index contributed by atoms with van der Waals surface area (Å²) in [5.41, 5.74) is 2.00. The molecule has 0 saturated carbocycles. The molecule has 3 aromatic rings. The van der Waals surface area contributed by atoms with E-state index in [0.717, 1.165) is 48.0 Å². The van der Waals surface area contributed by atoms with E-state index in [1.165, 1.54) is 0 Å². The van der Waals surface area contributed by atoms with Crippen molar-refractivity contribution in [2.24, 2.45) is 0 Å². The summed E-state index contributed by atoms with van der Waals surface area (Å²) in [7, 11) is 0. The molecular weight excluding hydrogens is 384 g/mol. The summed E-state index contributed by atoms with van der Waals surface area (Å²) in [5, 5.41) is 8.26. The van der Waals surface area contributed by atoms with Gasteiger partial charge >= 0.3 is 0 Å². The fraction of sp³-hybridized carbons (Fsp3) is 0.333. The van der Waals surface area contributed by atoms with Crippen LogP contribution in [0.1, 0.15) is 24.4 Å². The first-order chi connectivity index (χ1) is 14.3. The molecule has 4 rings (SSSR count). The number of amides is 1. The molecule has 3 heterocycles. The van der Waals surface area contributed by atoms with E-state index in [1.807, 2.05) is 41.1 Å². The first-order valence-corrected chi connectivity index (χ1v) is 10.7. The number of pyridine rings is 1. The second-order valence-corrected chi connectivity index (χ2v) is 8.08. The third-order valence-electron chi connectivity index (χ3n) is 4.97. The standard InChI is InChI=1S/C21H24N6OS/c28-20(13-26-10-7-19(8-11-26)27-16-22-15-24-27)25-18-5-3-4-17(12-18)14-29-21-6-1-2-9-23-21/h1-6,9,12,15-16,19H,7-8,10-11,13-14H2,(H,25,28). The first kappa shape index (κ1) is 19.6. The van der Waals surface area contributed by atoms with Gasteiger partial charge in [-0.25, -0.2) is 14.6 Å². The third kappa shape index (κ3) is 5.65. The Morgan fingerprint density at radius 3 is 2.83 bits per heavy atom. The molecule has 0 bridgehead atoms. The number of rotatable bonds is 7. The Morgan fingerprint density at radius 1 is 1.17 bits per heavy atom. The van der Waals surface area contributed by atoms with E-state index in [2.05, 4.69) is 31.3 Å². The van der Waals surface area contributed by atoms with Crippen LogP contribution >= 0.6 is 11.8 Å². The molecule has 150 valence electrons. The topological polar surface area (TPSA) is 75.9 Å². The second-order valence-electron chi connectivity index (χ2n) is 7.09. The quantitative estimate of drug-likeness (QED) is 0.605. The number of hydrogen-bond acceptors (Lipinski definition) is 6. The summed E-state index contributed by atoms with van der Waals surface area (Å²) >= 11 is 1.68. The number of hydrogen-bond donors (Lipinski definition) is 1. The van der Waals surface area contributed by atoms with Crippen molar-refractivity contribution >= 4 is 23.4 Å². The smallest absolute Gasteiger partial charge is 0.238 e. The minimum absolute atomic E-state index is 0.0266. The Kier molecular flexibility index (Phi) is 6.53. The van der Waals surface area contributed by atoms with Gasteiger partial charge in [-0.05, 0) is 42.7 Å². The average Bonchev–Trinajstić information content (AvgIpc) is 3.29. The number of anilines is 1. The summed E-state index contributed by atoms with van der Waals surface area (Å²) < 4.78 is 1.92. The molecular formula is C21H24N6OS. The van der Waals surface area contributed by atoms with Gasteiger partial charge in [-0.3, -0.25) is 9.69 Å². The van der Waals surface area contributed by atoms with Crippen molar-refractivity contribution in [2.45, 2.75) is 29.7 Å². The SMILES string of the molecule is O=C(CN1CCC(n2cncn2)CC1)Nc1cccc(CSc2ccccn2)c1. The Hall–Kier alpha value is -2.71. The number of piperidine rings is 1. The highest BCUT2D eigenvalue weighted by atomic mass is 32.2. The maximum atomic E-state index is 12.5. The van der Waals surface area contributed by atoms with Crippen LogP contribution in [0, 0.1) is 0 Å². The Labute approximate surface area is 174 Å². The normalized spacial score (nSPS) is 15.3. The van der Waals surface area contributed by atoms with E-state index < -0.39 is 0 Å². The predicted molar refractivity (Wildman–Crippen MR) is 114 cm³/mol. The molecule has 1 saturated heterocycles. The van der Waals surface area contributed by atoms with Crippen LogP contribution < -0.4 is 5.32 Å². The van der Waals surface area contributed by atoms with Gasteiger partial charge in [0, 0.05) is 30.7 Å². The van der Waals surface area contributed by atoms with Crippen LogP contribution in [0.25, 0.3) is 0 Å². The van der Waals surface area contributed by atoms with Crippen molar-refractivity contribution < 1.29 is 4.79 Å². The van der Waals surface area contributed by atoms with Crippen molar-refractivity contribution in [3.05, 3.63) is 66.9 Å². The number of thioether (sulfide) groups is 1. The third-order valence-corrected chi connectivity index (χ3v) is 5.99. The van der Waals surface area contributed by atoms with Crippen LogP contribution in [0.4, 0.5) is 5.69 Å². The highest BCUT2D eigenvalue weighted by Crippen LogP contribution is 2.23. The van der Waals surface area contributed by atoms with Gasteiger partial charge in [0.15, 0.2) is 0 Å². The second kappa shape index (κ2) is 9.67. The highest BCUT2D eigenvalue weighted by molar-refractivity contribution is 7.98. The van der Waals surface area contributed by atoms with Crippen LogP contribution in [0.15, 0.2) is 66.3 Å². The van der Waals surface area contributed by atoms with E-state index in [-0.39, 0.29) is 5.91 Å². The molecule has 1 aliphatic heterocycles. The number of nitrogens with zero attached hydrogens (tertiary/aromatic N) is 5. The zero-order valence-electron chi connectivity index (χ0n) is 16.1. The number of carbonyl (C=O) groups excluding carboxylic acids is 1. The molecule has 0 spiro atoms. The molecule has 1 amide bonds. The zero-order chi connectivity index (χ0) is 19.9. The first-order valence-electron chi connectivity index (χ1n) is 9.75. The number of likely N-dealkylation sites (tertiary alicyclic amines) is 1. The number of carbonyl (C=O) groups is 1. The van der Waals surface area contributed by atoms with Crippen LogP contribution in [-0.2, 0) is 10.5 Å². The molecule has 29 heavy (non-hydrogen) atoms. The molecule has 1 fully saturated rings. The van der Waals surface area contributed by atoms with E-state index in [0.29, 0.717) is 12.6 Å². The molecule has 8 heteroatoms. The molecule has 1 N–H and O–H groups in total. The number of benzene rings is 1. The lowest BCUT2D eigenvalue weighted by molar-refractivity contribution is -0.117. The summed E-state index contributed by atoms with van der Waals surface area (Å²) in [4.78, 5) is 23.0. The van der Waals surface area contributed by atoms with Gasteiger partial charge in [0.25, 0.3) is 0 Å². The minimum atomic E-state index is 0.0266. The van der Waals surface area contributed by atoms with Gasteiger partial charge in [0.05, 0.1) is 17.6 Å². The lowest BCUT2D eigenvalue weighted by Gasteiger charge is -2.31. The van der Waals surface area contributed by atoms with Gasteiger partial charge < -0.3 is 5.32 Å². The minimum Gasteiger partial charge on any atom is -0.325 e. The Balaban J connectivity index is 1.24. The van der Waals surface area contributed by atoms with E-state index in [1.54, 1.807) is 30.6 Å². The Bertz CT molecular complexity index is 910. The van der Waals surface area contributed by atoms with E-state index in [9.17, 15) is 4.79 Å². The molecule has 7 nitrogen and oxygen atoms in total. The fourth-order valence-electron chi connectivity index (χ4n) is 3.48. The van der Waals surface area contributed by atoms with E-state index in [4.69, 9.17) is 0 Å². The van der Waals surface area contributed by atoms with Crippen molar-refractivity contribution in [1.82, 2.24) is 24.6 Å². The summed E-state index contributed by atoms with van der Waals surface area (Å²) in [6.45, 7) is 2.19. The molecule has 1 aliphatic rings. The molecule has 1 aromatic carbocycles. The molecule has 0 aliphatic carbocycles. The number of aromatic nitrogens is 4.